The van der Waals surface area contributed by atoms with Gasteiger partial charge in [-0.3, -0.25) is 4.79 Å². The van der Waals surface area contributed by atoms with Gasteiger partial charge in [-0.1, -0.05) is 0 Å². The van der Waals surface area contributed by atoms with Gasteiger partial charge >= 0.3 is 0 Å². The molecule has 13 heavy (non-hydrogen) atoms. The van der Waals surface area contributed by atoms with Crippen molar-refractivity contribution >= 4 is 6.29 Å². The SMILES string of the molecule is Cc1ccc(OC(C)C)c(C=O)n1. The van der Waals surface area contributed by atoms with Crippen LogP contribution in [0.5, 0.6) is 5.75 Å². The summed E-state index contributed by atoms with van der Waals surface area (Å²) in [6, 6.07) is 3.59. The van der Waals surface area contributed by atoms with E-state index < -0.39 is 0 Å². The van der Waals surface area contributed by atoms with Gasteiger partial charge in [0.2, 0.25) is 0 Å². The van der Waals surface area contributed by atoms with E-state index in [1.165, 1.54) is 0 Å². The number of carbonyl (C=O) groups is 1. The molecule has 0 N–H and O–H groups in total. The predicted molar refractivity (Wildman–Crippen MR) is 50.1 cm³/mol. The number of pyridine rings is 1. The molecule has 0 unspecified atom stereocenters. The summed E-state index contributed by atoms with van der Waals surface area (Å²) in [5.74, 6) is 0.551. The molecule has 0 amide bonds. The standard InChI is InChI=1S/C10H13NO2/c1-7(2)13-10-5-4-8(3)11-9(10)6-12/h4-7H,1-3H3. The van der Waals surface area contributed by atoms with Crippen LogP contribution in [0.4, 0.5) is 0 Å². The van der Waals surface area contributed by atoms with Crippen molar-refractivity contribution in [3.63, 3.8) is 0 Å². The molecule has 0 atom stereocenters. The molecule has 1 heterocycles. The van der Waals surface area contributed by atoms with Crippen molar-refractivity contribution in [1.82, 2.24) is 4.98 Å². The van der Waals surface area contributed by atoms with E-state index in [9.17, 15) is 4.79 Å². The maximum Gasteiger partial charge on any atom is 0.172 e. The molecule has 0 bridgehead atoms. The maximum absolute atomic E-state index is 10.6. The van der Waals surface area contributed by atoms with E-state index in [1.54, 1.807) is 6.07 Å². The van der Waals surface area contributed by atoms with Crippen molar-refractivity contribution in [2.24, 2.45) is 0 Å². The molecular formula is C10H13NO2. The van der Waals surface area contributed by atoms with Crippen LogP contribution >= 0.6 is 0 Å². The van der Waals surface area contributed by atoms with Gasteiger partial charge < -0.3 is 4.74 Å². The zero-order valence-electron chi connectivity index (χ0n) is 8.07. The third-order valence-electron chi connectivity index (χ3n) is 1.50. The average molecular weight is 179 g/mol. The molecule has 1 aromatic rings. The Morgan fingerprint density at radius 3 is 2.69 bits per heavy atom. The van der Waals surface area contributed by atoms with Crippen LogP contribution in [0.15, 0.2) is 12.1 Å². The summed E-state index contributed by atoms with van der Waals surface area (Å²) in [5, 5.41) is 0. The highest BCUT2D eigenvalue weighted by molar-refractivity contribution is 5.76. The Morgan fingerprint density at radius 2 is 2.15 bits per heavy atom. The number of hydrogen-bond donors (Lipinski definition) is 0. The number of rotatable bonds is 3. The topological polar surface area (TPSA) is 39.2 Å². The third-order valence-corrected chi connectivity index (χ3v) is 1.50. The molecule has 1 aromatic heterocycles. The summed E-state index contributed by atoms with van der Waals surface area (Å²) < 4.78 is 5.40. The fourth-order valence-corrected chi connectivity index (χ4v) is 1.00. The average Bonchev–Trinajstić information content (AvgIpc) is 2.07. The van der Waals surface area contributed by atoms with Crippen LogP contribution in [0.3, 0.4) is 0 Å². The van der Waals surface area contributed by atoms with Gasteiger partial charge in [-0.05, 0) is 32.9 Å². The number of aromatic nitrogens is 1. The summed E-state index contributed by atoms with van der Waals surface area (Å²) in [4.78, 5) is 14.7. The lowest BCUT2D eigenvalue weighted by Crippen LogP contribution is -2.08. The second-order valence-corrected chi connectivity index (χ2v) is 3.12. The number of aldehydes is 1. The molecule has 0 saturated heterocycles. The second kappa shape index (κ2) is 4.03. The van der Waals surface area contributed by atoms with Crippen LogP contribution < -0.4 is 4.74 Å². The van der Waals surface area contributed by atoms with Gasteiger partial charge in [0, 0.05) is 5.69 Å². The van der Waals surface area contributed by atoms with Gasteiger partial charge in [0.15, 0.2) is 6.29 Å². The Hall–Kier alpha value is -1.38. The first-order valence-corrected chi connectivity index (χ1v) is 4.23. The van der Waals surface area contributed by atoms with Gasteiger partial charge in [0.05, 0.1) is 6.10 Å². The smallest absolute Gasteiger partial charge is 0.172 e. The monoisotopic (exact) mass is 179 g/mol. The van der Waals surface area contributed by atoms with Crippen molar-refractivity contribution in [2.75, 3.05) is 0 Å². The molecule has 0 fully saturated rings. The van der Waals surface area contributed by atoms with Crippen molar-refractivity contribution < 1.29 is 9.53 Å². The van der Waals surface area contributed by atoms with Crippen LogP contribution in [0.2, 0.25) is 0 Å². The highest BCUT2D eigenvalue weighted by atomic mass is 16.5. The maximum atomic E-state index is 10.6. The first-order valence-electron chi connectivity index (χ1n) is 4.23. The fourth-order valence-electron chi connectivity index (χ4n) is 1.00. The summed E-state index contributed by atoms with van der Waals surface area (Å²) in [7, 11) is 0. The number of ether oxygens (including phenoxy) is 1. The molecule has 0 saturated carbocycles. The number of hydrogen-bond acceptors (Lipinski definition) is 3. The minimum atomic E-state index is 0.0585. The largest absolute Gasteiger partial charge is 0.489 e. The molecule has 3 nitrogen and oxygen atoms in total. The van der Waals surface area contributed by atoms with E-state index in [0.29, 0.717) is 17.7 Å². The van der Waals surface area contributed by atoms with Crippen LogP contribution in [-0.2, 0) is 0 Å². The first kappa shape index (κ1) is 9.71. The molecule has 70 valence electrons. The summed E-state index contributed by atoms with van der Waals surface area (Å²) in [5.41, 5.74) is 1.19. The molecule has 0 aliphatic rings. The molecule has 0 spiro atoms. The Morgan fingerprint density at radius 1 is 1.46 bits per heavy atom. The Kier molecular flexibility index (Phi) is 3.01. The lowest BCUT2D eigenvalue weighted by molar-refractivity contribution is 0.111. The minimum Gasteiger partial charge on any atom is -0.489 e. The molecule has 0 radical (unpaired) electrons. The molecule has 0 aliphatic carbocycles. The zero-order valence-corrected chi connectivity index (χ0v) is 8.07. The van der Waals surface area contributed by atoms with Crippen molar-refractivity contribution in [3.8, 4) is 5.75 Å². The van der Waals surface area contributed by atoms with E-state index in [2.05, 4.69) is 4.98 Å². The molecular weight excluding hydrogens is 166 g/mol. The highest BCUT2D eigenvalue weighted by Gasteiger charge is 2.05. The normalized spacial score (nSPS) is 10.2. The van der Waals surface area contributed by atoms with Crippen molar-refractivity contribution in [3.05, 3.63) is 23.5 Å². The Balaban J connectivity index is 2.99. The van der Waals surface area contributed by atoms with Gasteiger partial charge in [0.1, 0.15) is 11.4 Å². The fraction of sp³-hybridized carbons (Fsp3) is 0.400. The number of carbonyl (C=O) groups excluding carboxylic acids is 1. The number of nitrogens with zero attached hydrogens (tertiary/aromatic N) is 1. The zero-order chi connectivity index (χ0) is 9.84. The highest BCUT2D eigenvalue weighted by Crippen LogP contribution is 2.16. The van der Waals surface area contributed by atoms with E-state index in [4.69, 9.17) is 4.74 Å². The number of aryl methyl sites for hydroxylation is 1. The second-order valence-electron chi connectivity index (χ2n) is 3.12. The molecule has 3 heteroatoms. The molecule has 0 aromatic carbocycles. The Bertz CT molecular complexity index is 308. The minimum absolute atomic E-state index is 0.0585. The van der Waals surface area contributed by atoms with Gasteiger partial charge in [-0.15, -0.1) is 0 Å². The van der Waals surface area contributed by atoms with Crippen LogP contribution in [0.1, 0.15) is 30.0 Å². The van der Waals surface area contributed by atoms with Crippen LogP contribution in [-0.4, -0.2) is 17.4 Å². The molecule has 1 rings (SSSR count). The Labute approximate surface area is 77.8 Å². The lowest BCUT2D eigenvalue weighted by atomic mass is 10.3. The first-order chi connectivity index (χ1) is 6.13. The van der Waals surface area contributed by atoms with E-state index in [1.807, 2.05) is 26.8 Å². The summed E-state index contributed by atoms with van der Waals surface area (Å²) in [6.07, 6.45) is 0.772. The van der Waals surface area contributed by atoms with Crippen LogP contribution in [0, 0.1) is 6.92 Å². The van der Waals surface area contributed by atoms with Gasteiger partial charge in [0.25, 0.3) is 0 Å². The van der Waals surface area contributed by atoms with E-state index in [-0.39, 0.29) is 6.10 Å². The van der Waals surface area contributed by atoms with Crippen LogP contribution in [0.25, 0.3) is 0 Å². The van der Waals surface area contributed by atoms with Crippen molar-refractivity contribution in [1.29, 1.82) is 0 Å². The lowest BCUT2D eigenvalue weighted by Gasteiger charge is -2.10. The quantitative estimate of drug-likeness (QED) is 0.666. The van der Waals surface area contributed by atoms with E-state index >= 15 is 0 Å². The van der Waals surface area contributed by atoms with Gasteiger partial charge in [-0.2, -0.15) is 0 Å². The summed E-state index contributed by atoms with van der Waals surface area (Å²) >= 11 is 0. The van der Waals surface area contributed by atoms with E-state index in [0.717, 1.165) is 5.69 Å². The van der Waals surface area contributed by atoms with Crippen molar-refractivity contribution in [2.45, 2.75) is 26.9 Å². The summed E-state index contributed by atoms with van der Waals surface area (Å²) in [6.45, 7) is 5.66. The third kappa shape index (κ3) is 2.54. The molecule has 0 aliphatic heterocycles. The van der Waals surface area contributed by atoms with Gasteiger partial charge in [-0.25, -0.2) is 4.98 Å². The predicted octanol–water partition coefficient (Wildman–Crippen LogP) is 1.99.